The van der Waals surface area contributed by atoms with Crippen LogP contribution in [0.2, 0.25) is 0 Å². The molecule has 1 heterocycles. The van der Waals surface area contributed by atoms with Crippen molar-refractivity contribution >= 4 is 5.91 Å². The van der Waals surface area contributed by atoms with Crippen molar-refractivity contribution in [2.45, 2.75) is 39.2 Å². The molecule has 1 aromatic rings. The minimum absolute atomic E-state index is 0.219. The van der Waals surface area contributed by atoms with Crippen LogP contribution in [0.5, 0.6) is 0 Å². The summed E-state index contributed by atoms with van der Waals surface area (Å²) in [5.41, 5.74) is 5.39. The molecular formula is C11H19N3O2. The van der Waals surface area contributed by atoms with Gasteiger partial charge in [0.15, 0.2) is 5.69 Å². The quantitative estimate of drug-likeness (QED) is 0.808. The lowest BCUT2D eigenvalue weighted by molar-refractivity contribution is 0.0906. The maximum atomic E-state index is 11.8. The standard InChI is InChI=1S/C11H19N3O2/c1-7(2)9-5-8(14-16-9)10(15)13-11(3,4)6-12/h5,7H,6,12H2,1-4H3,(H,13,15). The Morgan fingerprint density at radius 1 is 1.62 bits per heavy atom. The van der Waals surface area contributed by atoms with Crippen LogP contribution < -0.4 is 11.1 Å². The lowest BCUT2D eigenvalue weighted by Gasteiger charge is -2.23. The number of nitrogens with zero attached hydrogens (tertiary/aromatic N) is 1. The molecule has 0 bridgehead atoms. The van der Waals surface area contributed by atoms with Crippen LogP contribution in [0.1, 0.15) is 49.9 Å². The number of hydrogen-bond donors (Lipinski definition) is 2. The van der Waals surface area contributed by atoms with E-state index in [1.807, 2.05) is 27.7 Å². The molecule has 0 radical (unpaired) electrons. The van der Waals surface area contributed by atoms with Crippen LogP contribution in [0.25, 0.3) is 0 Å². The highest BCUT2D eigenvalue weighted by molar-refractivity contribution is 5.92. The lowest BCUT2D eigenvalue weighted by Crippen LogP contribution is -2.48. The summed E-state index contributed by atoms with van der Waals surface area (Å²) >= 11 is 0. The van der Waals surface area contributed by atoms with E-state index in [0.717, 1.165) is 0 Å². The van der Waals surface area contributed by atoms with Gasteiger partial charge in [-0.05, 0) is 13.8 Å². The van der Waals surface area contributed by atoms with Crippen LogP contribution in [-0.2, 0) is 0 Å². The van der Waals surface area contributed by atoms with E-state index in [0.29, 0.717) is 18.0 Å². The Balaban J connectivity index is 2.74. The molecule has 0 aliphatic heterocycles. The van der Waals surface area contributed by atoms with Gasteiger partial charge in [0.05, 0.1) is 0 Å². The fourth-order valence-electron chi connectivity index (χ4n) is 1.09. The highest BCUT2D eigenvalue weighted by Gasteiger charge is 2.22. The Bertz CT molecular complexity index is 369. The molecule has 5 nitrogen and oxygen atoms in total. The second kappa shape index (κ2) is 4.65. The first kappa shape index (κ1) is 12.7. The van der Waals surface area contributed by atoms with Gasteiger partial charge in [-0.25, -0.2) is 0 Å². The number of rotatable bonds is 4. The van der Waals surface area contributed by atoms with Gasteiger partial charge < -0.3 is 15.6 Å². The number of aromatic nitrogens is 1. The van der Waals surface area contributed by atoms with Crippen molar-refractivity contribution in [2.75, 3.05) is 6.54 Å². The molecule has 1 amide bonds. The van der Waals surface area contributed by atoms with Gasteiger partial charge in [-0.2, -0.15) is 0 Å². The molecule has 0 aromatic carbocycles. The van der Waals surface area contributed by atoms with Gasteiger partial charge in [0, 0.05) is 24.1 Å². The number of amides is 1. The molecule has 90 valence electrons. The topological polar surface area (TPSA) is 81.2 Å². The van der Waals surface area contributed by atoms with E-state index in [-0.39, 0.29) is 11.8 Å². The van der Waals surface area contributed by atoms with Crippen molar-refractivity contribution in [1.82, 2.24) is 10.5 Å². The molecule has 0 unspecified atom stereocenters. The predicted molar refractivity (Wildman–Crippen MR) is 61.2 cm³/mol. The molecular weight excluding hydrogens is 206 g/mol. The minimum Gasteiger partial charge on any atom is -0.360 e. The molecule has 16 heavy (non-hydrogen) atoms. The first-order valence-corrected chi connectivity index (χ1v) is 5.35. The zero-order chi connectivity index (χ0) is 12.3. The normalized spacial score (nSPS) is 11.9. The number of nitrogens with one attached hydrogen (secondary N) is 1. The van der Waals surface area contributed by atoms with E-state index >= 15 is 0 Å². The maximum absolute atomic E-state index is 11.8. The van der Waals surface area contributed by atoms with Crippen molar-refractivity contribution in [2.24, 2.45) is 5.73 Å². The average molecular weight is 225 g/mol. The zero-order valence-corrected chi connectivity index (χ0v) is 10.2. The maximum Gasteiger partial charge on any atom is 0.273 e. The Hall–Kier alpha value is -1.36. The summed E-state index contributed by atoms with van der Waals surface area (Å²) in [7, 11) is 0. The van der Waals surface area contributed by atoms with Gasteiger partial charge >= 0.3 is 0 Å². The zero-order valence-electron chi connectivity index (χ0n) is 10.2. The molecule has 1 rings (SSSR count). The first-order chi connectivity index (χ1) is 7.35. The highest BCUT2D eigenvalue weighted by Crippen LogP contribution is 2.15. The number of carbonyl (C=O) groups excluding carboxylic acids is 1. The Kier molecular flexibility index (Phi) is 3.70. The van der Waals surface area contributed by atoms with Crippen LogP contribution in [0, 0.1) is 0 Å². The third kappa shape index (κ3) is 3.06. The van der Waals surface area contributed by atoms with E-state index < -0.39 is 5.54 Å². The fraction of sp³-hybridized carbons (Fsp3) is 0.636. The van der Waals surface area contributed by atoms with Crippen molar-refractivity contribution in [1.29, 1.82) is 0 Å². The van der Waals surface area contributed by atoms with E-state index in [9.17, 15) is 4.79 Å². The number of carbonyl (C=O) groups is 1. The second-order valence-corrected chi connectivity index (χ2v) is 4.81. The van der Waals surface area contributed by atoms with Gasteiger partial charge in [0.25, 0.3) is 5.91 Å². The summed E-state index contributed by atoms with van der Waals surface area (Å²) < 4.78 is 5.05. The molecule has 0 aliphatic rings. The molecule has 0 spiro atoms. The molecule has 0 atom stereocenters. The largest absolute Gasteiger partial charge is 0.360 e. The SMILES string of the molecule is CC(C)c1cc(C(=O)NC(C)(C)CN)no1. The number of nitrogens with two attached hydrogens (primary N) is 1. The summed E-state index contributed by atoms with van der Waals surface area (Å²) in [5.74, 6) is 0.665. The van der Waals surface area contributed by atoms with Crippen molar-refractivity contribution in [3.8, 4) is 0 Å². The molecule has 0 fully saturated rings. The fourth-order valence-corrected chi connectivity index (χ4v) is 1.09. The van der Waals surface area contributed by atoms with Crippen LogP contribution in [0.15, 0.2) is 10.6 Å². The van der Waals surface area contributed by atoms with Crippen LogP contribution in [-0.4, -0.2) is 23.1 Å². The van der Waals surface area contributed by atoms with E-state index in [4.69, 9.17) is 10.3 Å². The highest BCUT2D eigenvalue weighted by atomic mass is 16.5. The van der Waals surface area contributed by atoms with Crippen LogP contribution in [0.3, 0.4) is 0 Å². The third-order valence-corrected chi connectivity index (χ3v) is 2.29. The average Bonchev–Trinajstić information content (AvgIpc) is 2.66. The third-order valence-electron chi connectivity index (χ3n) is 2.29. The second-order valence-electron chi connectivity index (χ2n) is 4.81. The summed E-state index contributed by atoms with van der Waals surface area (Å²) in [6, 6.07) is 1.66. The molecule has 3 N–H and O–H groups in total. The van der Waals surface area contributed by atoms with E-state index in [2.05, 4.69) is 10.5 Å². The van der Waals surface area contributed by atoms with Crippen molar-refractivity contribution in [3.63, 3.8) is 0 Å². The minimum atomic E-state index is -0.436. The van der Waals surface area contributed by atoms with Gasteiger partial charge in [-0.1, -0.05) is 19.0 Å². The monoisotopic (exact) mass is 225 g/mol. The van der Waals surface area contributed by atoms with E-state index in [1.165, 1.54) is 0 Å². The summed E-state index contributed by atoms with van der Waals surface area (Å²) in [6.45, 7) is 8.04. The van der Waals surface area contributed by atoms with Crippen LogP contribution >= 0.6 is 0 Å². The van der Waals surface area contributed by atoms with Gasteiger partial charge in [0.1, 0.15) is 5.76 Å². The smallest absolute Gasteiger partial charge is 0.273 e. The summed E-state index contributed by atoms with van der Waals surface area (Å²) in [6.07, 6.45) is 0. The Morgan fingerprint density at radius 2 is 2.25 bits per heavy atom. The summed E-state index contributed by atoms with van der Waals surface area (Å²) in [4.78, 5) is 11.8. The molecule has 0 saturated heterocycles. The number of hydrogen-bond acceptors (Lipinski definition) is 4. The first-order valence-electron chi connectivity index (χ1n) is 5.35. The Morgan fingerprint density at radius 3 is 2.69 bits per heavy atom. The van der Waals surface area contributed by atoms with Crippen molar-refractivity contribution < 1.29 is 9.32 Å². The van der Waals surface area contributed by atoms with Gasteiger partial charge in [-0.3, -0.25) is 4.79 Å². The Labute approximate surface area is 95.4 Å². The molecule has 5 heteroatoms. The lowest BCUT2D eigenvalue weighted by atomic mass is 10.1. The predicted octanol–water partition coefficient (Wildman–Crippen LogP) is 1.27. The van der Waals surface area contributed by atoms with Crippen LogP contribution in [0.4, 0.5) is 0 Å². The molecule has 1 aromatic heterocycles. The summed E-state index contributed by atoms with van der Waals surface area (Å²) in [5, 5.41) is 6.52. The van der Waals surface area contributed by atoms with E-state index in [1.54, 1.807) is 6.07 Å². The van der Waals surface area contributed by atoms with Gasteiger partial charge in [-0.15, -0.1) is 0 Å². The molecule has 0 saturated carbocycles. The molecule has 0 aliphatic carbocycles. The van der Waals surface area contributed by atoms with Gasteiger partial charge in [0.2, 0.25) is 0 Å². The van der Waals surface area contributed by atoms with Crippen molar-refractivity contribution in [3.05, 3.63) is 17.5 Å².